The molecule has 0 saturated carbocycles. The van der Waals surface area contributed by atoms with Crippen molar-refractivity contribution in [1.82, 2.24) is 14.6 Å². The second-order valence-corrected chi connectivity index (χ2v) is 11.8. The number of amides is 1. The zero-order chi connectivity index (χ0) is 25.9. The molecule has 1 saturated heterocycles. The van der Waals surface area contributed by atoms with E-state index in [1.165, 1.54) is 4.31 Å². The summed E-state index contributed by atoms with van der Waals surface area (Å²) in [6, 6.07) is 11.3. The first-order valence-electron chi connectivity index (χ1n) is 12.3. The maximum Gasteiger partial charge on any atom is 0.243 e. The number of sulfonamides is 1. The van der Waals surface area contributed by atoms with Crippen molar-refractivity contribution < 1.29 is 13.2 Å². The van der Waals surface area contributed by atoms with Crippen molar-refractivity contribution in [3.8, 4) is 0 Å². The summed E-state index contributed by atoms with van der Waals surface area (Å²) in [5.41, 5.74) is 4.33. The summed E-state index contributed by atoms with van der Waals surface area (Å²) in [4.78, 5) is 17.6. The Morgan fingerprint density at radius 1 is 1.11 bits per heavy atom. The summed E-state index contributed by atoms with van der Waals surface area (Å²) in [6.45, 7) is 7.47. The van der Waals surface area contributed by atoms with Gasteiger partial charge in [0.15, 0.2) is 0 Å². The third kappa shape index (κ3) is 5.82. The van der Waals surface area contributed by atoms with Crippen LogP contribution in [0.2, 0.25) is 5.02 Å². The quantitative estimate of drug-likeness (QED) is 0.408. The number of aromatic nitrogens is 1. The predicted molar refractivity (Wildman–Crippen MR) is 145 cm³/mol. The van der Waals surface area contributed by atoms with E-state index < -0.39 is 10.0 Å². The molecule has 0 spiro atoms. The van der Waals surface area contributed by atoms with Crippen LogP contribution in [0.4, 0.5) is 5.69 Å². The van der Waals surface area contributed by atoms with Gasteiger partial charge in [0.1, 0.15) is 0 Å². The lowest BCUT2D eigenvalue weighted by molar-refractivity contribution is -0.126. The first-order valence-corrected chi connectivity index (χ1v) is 14.1. The molecule has 0 bridgehead atoms. The maximum atomic E-state index is 13.4. The van der Waals surface area contributed by atoms with Gasteiger partial charge in [-0.05, 0) is 75.4 Å². The average molecular weight is 529 g/mol. The third-order valence-corrected chi connectivity index (χ3v) is 9.04. The van der Waals surface area contributed by atoms with Crippen LogP contribution in [-0.4, -0.2) is 49.8 Å². The maximum absolute atomic E-state index is 13.4. The Labute approximate surface area is 218 Å². The molecule has 1 aliphatic heterocycles. The number of hydrogen-bond donors (Lipinski definition) is 2. The molecule has 3 aromatic rings. The second-order valence-electron chi connectivity index (χ2n) is 9.52. The van der Waals surface area contributed by atoms with E-state index in [0.717, 1.165) is 39.7 Å². The molecule has 1 amide bonds. The van der Waals surface area contributed by atoms with Gasteiger partial charge in [-0.2, -0.15) is 4.31 Å². The Balaban J connectivity index is 1.30. The number of carbonyl (C=O) groups is 1. The van der Waals surface area contributed by atoms with Crippen molar-refractivity contribution >= 4 is 44.1 Å². The Morgan fingerprint density at radius 3 is 2.61 bits per heavy atom. The van der Waals surface area contributed by atoms with E-state index in [4.69, 9.17) is 11.6 Å². The minimum Gasteiger partial charge on any atom is -0.384 e. The molecular weight excluding hydrogens is 496 g/mol. The van der Waals surface area contributed by atoms with E-state index in [1.807, 2.05) is 57.2 Å². The Kier molecular flexibility index (Phi) is 8.17. The molecule has 1 atom stereocenters. The van der Waals surface area contributed by atoms with E-state index in [9.17, 15) is 13.2 Å². The molecule has 192 valence electrons. The molecule has 0 radical (unpaired) electrons. The number of fused-ring (bicyclic) bond motifs is 1. The third-order valence-electron chi connectivity index (χ3n) is 6.63. The van der Waals surface area contributed by atoms with Gasteiger partial charge in [-0.3, -0.25) is 9.78 Å². The van der Waals surface area contributed by atoms with Crippen LogP contribution >= 0.6 is 11.6 Å². The van der Waals surface area contributed by atoms with Gasteiger partial charge in [-0.15, -0.1) is 0 Å². The molecular formula is C27H33ClN4O3S. The molecule has 7 nitrogen and oxygen atoms in total. The summed E-state index contributed by atoms with van der Waals surface area (Å²) >= 11 is 6.06. The monoisotopic (exact) mass is 528 g/mol. The summed E-state index contributed by atoms with van der Waals surface area (Å²) < 4.78 is 28.3. The van der Waals surface area contributed by atoms with Crippen LogP contribution in [-0.2, 0) is 14.8 Å². The van der Waals surface area contributed by atoms with Crippen LogP contribution in [0.25, 0.3) is 10.9 Å². The number of aryl methyl sites for hydroxylation is 3. The Bertz CT molecular complexity index is 1350. The zero-order valence-corrected chi connectivity index (χ0v) is 22.5. The van der Waals surface area contributed by atoms with Crippen molar-refractivity contribution in [3.05, 3.63) is 64.3 Å². The fourth-order valence-corrected chi connectivity index (χ4v) is 7.12. The number of carbonyl (C=O) groups excluding carboxylic acids is 1. The second kappa shape index (κ2) is 11.2. The number of anilines is 1. The number of benzene rings is 2. The number of pyridine rings is 1. The molecule has 0 unspecified atom stereocenters. The van der Waals surface area contributed by atoms with E-state index in [0.29, 0.717) is 42.4 Å². The Hall–Kier alpha value is -2.68. The van der Waals surface area contributed by atoms with Crippen molar-refractivity contribution in [2.24, 2.45) is 5.92 Å². The highest BCUT2D eigenvalue weighted by Crippen LogP contribution is 2.29. The average Bonchev–Trinajstić information content (AvgIpc) is 2.82. The lowest BCUT2D eigenvalue weighted by Gasteiger charge is -2.32. The molecule has 1 aliphatic rings. The molecule has 2 aromatic carbocycles. The van der Waals surface area contributed by atoms with Crippen molar-refractivity contribution in [1.29, 1.82) is 0 Å². The minimum atomic E-state index is -3.66. The normalized spacial score (nSPS) is 16.7. The fourth-order valence-electron chi connectivity index (χ4n) is 5.02. The van der Waals surface area contributed by atoms with Gasteiger partial charge < -0.3 is 10.6 Å². The molecule has 2 heterocycles. The predicted octanol–water partition coefficient (Wildman–Crippen LogP) is 4.83. The number of piperidine rings is 1. The van der Waals surface area contributed by atoms with Gasteiger partial charge in [0.25, 0.3) is 0 Å². The highest BCUT2D eigenvalue weighted by Gasteiger charge is 2.34. The fraction of sp³-hybridized carbons (Fsp3) is 0.407. The molecule has 9 heteroatoms. The smallest absolute Gasteiger partial charge is 0.243 e. The van der Waals surface area contributed by atoms with E-state index in [1.54, 1.807) is 6.20 Å². The van der Waals surface area contributed by atoms with Gasteiger partial charge >= 0.3 is 0 Å². The van der Waals surface area contributed by atoms with Crippen molar-refractivity contribution in [3.63, 3.8) is 0 Å². The number of rotatable bonds is 8. The SMILES string of the molecule is Cc1cc(C)c(S(=O)(=O)N2CCC[C@@H](C(=O)NCCCNc3ccnc4cc(Cl)ccc34)C2)c(C)c1. The molecule has 1 fully saturated rings. The first-order chi connectivity index (χ1) is 17.2. The van der Waals surface area contributed by atoms with Gasteiger partial charge in [0.2, 0.25) is 15.9 Å². The standard InChI is InChI=1S/C27H33ClN4O3S/c1-18-14-19(2)26(20(3)15-18)36(34,35)32-13-4-6-21(17-32)27(33)31-11-5-10-29-24-9-12-30-25-16-22(28)7-8-23(24)25/h7-9,12,14-16,21H,4-6,10-11,13,17H2,1-3H3,(H,29,30)(H,31,33)/t21-/m1/s1. The van der Waals surface area contributed by atoms with Crippen LogP contribution in [0.15, 0.2) is 47.5 Å². The van der Waals surface area contributed by atoms with Crippen molar-refractivity contribution in [2.75, 3.05) is 31.5 Å². The van der Waals surface area contributed by atoms with Gasteiger partial charge in [0.05, 0.1) is 16.3 Å². The summed E-state index contributed by atoms with van der Waals surface area (Å²) in [7, 11) is -3.66. The van der Waals surface area contributed by atoms with E-state index >= 15 is 0 Å². The van der Waals surface area contributed by atoms with E-state index in [-0.39, 0.29) is 18.4 Å². The molecule has 1 aromatic heterocycles. The molecule has 2 N–H and O–H groups in total. The van der Waals surface area contributed by atoms with Gasteiger partial charge in [-0.1, -0.05) is 29.3 Å². The van der Waals surface area contributed by atoms with E-state index in [2.05, 4.69) is 15.6 Å². The van der Waals surface area contributed by atoms with Gasteiger partial charge in [0, 0.05) is 48.5 Å². The van der Waals surface area contributed by atoms with Crippen LogP contribution in [0, 0.1) is 26.7 Å². The zero-order valence-electron chi connectivity index (χ0n) is 21.0. The first kappa shape index (κ1) is 26.4. The number of nitrogens with zero attached hydrogens (tertiary/aromatic N) is 2. The van der Waals surface area contributed by atoms with Crippen LogP contribution in [0.5, 0.6) is 0 Å². The highest BCUT2D eigenvalue weighted by molar-refractivity contribution is 7.89. The lowest BCUT2D eigenvalue weighted by Crippen LogP contribution is -2.45. The van der Waals surface area contributed by atoms with Crippen molar-refractivity contribution in [2.45, 2.75) is 44.9 Å². The molecule has 4 rings (SSSR count). The van der Waals surface area contributed by atoms with Crippen LogP contribution in [0.1, 0.15) is 36.0 Å². The van der Waals surface area contributed by atoms with Crippen LogP contribution < -0.4 is 10.6 Å². The largest absolute Gasteiger partial charge is 0.384 e. The number of halogens is 1. The summed E-state index contributed by atoms with van der Waals surface area (Å²) in [5.74, 6) is -0.433. The number of hydrogen-bond acceptors (Lipinski definition) is 5. The van der Waals surface area contributed by atoms with Crippen LogP contribution in [0.3, 0.4) is 0 Å². The van der Waals surface area contributed by atoms with Gasteiger partial charge in [-0.25, -0.2) is 8.42 Å². The summed E-state index contributed by atoms with van der Waals surface area (Å²) in [6.07, 6.45) is 3.83. The highest BCUT2D eigenvalue weighted by atomic mass is 35.5. The number of nitrogens with one attached hydrogen (secondary N) is 2. The topological polar surface area (TPSA) is 91.4 Å². The lowest BCUT2D eigenvalue weighted by atomic mass is 9.99. The minimum absolute atomic E-state index is 0.0868. The summed E-state index contributed by atoms with van der Waals surface area (Å²) in [5, 5.41) is 8.03. The molecule has 36 heavy (non-hydrogen) atoms. The molecule has 0 aliphatic carbocycles. The Morgan fingerprint density at radius 2 is 1.86 bits per heavy atom.